The van der Waals surface area contributed by atoms with Gasteiger partial charge in [0.2, 0.25) is 0 Å². The molecule has 0 aliphatic rings. The van der Waals surface area contributed by atoms with Crippen LogP contribution in [-0.2, 0) is 35.0 Å². The summed E-state index contributed by atoms with van der Waals surface area (Å²) in [5.74, 6) is 1.01. The molecule has 1 aromatic carbocycles. The molecule has 0 aliphatic heterocycles. The molecule has 0 spiro atoms. The van der Waals surface area contributed by atoms with Gasteiger partial charge in [0.05, 0.1) is 83.7 Å². The fourth-order valence-electron chi connectivity index (χ4n) is 2.76. The summed E-state index contributed by atoms with van der Waals surface area (Å²) in [6, 6.07) is 8.15. The second kappa shape index (κ2) is 15.3. The van der Waals surface area contributed by atoms with Gasteiger partial charge in [0, 0.05) is 13.7 Å². The topological polar surface area (TPSA) is 73.2 Å². The van der Waals surface area contributed by atoms with Crippen LogP contribution in [0.25, 0.3) is 11.0 Å². The summed E-state index contributed by atoms with van der Waals surface area (Å²) >= 11 is 0. The van der Waals surface area contributed by atoms with Gasteiger partial charge in [-0.25, -0.2) is 4.98 Å². The molecule has 0 fully saturated rings. The van der Waals surface area contributed by atoms with E-state index in [9.17, 15) is 0 Å². The van der Waals surface area contributed by atoms with Crippen LogP contribution < -0.4 is 0 Å². The number of aromatic nitrogens is 2. The van der Waals surface area contributed by atoms with Crippen LogP contribution in [-0.4, -0.2) is 89.3 Å². The standard InChI is InChI=1S/C21H34N2O6/c1-19-22-20-5-3-4-6-21(20)23(19)7-8-25-11-12-27-15-16-29-18-17-28-14-13-26-10-9-24-2/h3-6H,7-18H2,1-2H3. The van der Waals surface area contributed by atoms with Crippen molar-refractivity contribution in [2.45, 2.75) is 13.5 Å². The van der Waals surface area contributed by atoms with E-state index in [2.05, 4.69) is 15.6 Å². The van der Waals surface area contributed by atoms with Gasteiger partial charge in [-0.05, 0) is 19.1 Å². The van der Waals surface area contributed by atoms with Crippen molar-refractivity contribution < 1.29 is 28.4 Å². The third-order valence-corrected chi connectivity index (χ3v) is 4.22. The zero-order valence-electron chi connectivity index (χ0n) is 17.6. The van der Waals surface area contributed by atoms with Gasteiger partial charge in [-0.15, -0.1) is 0 Å². The van der Waals surface area contributed by atoms with E-state index >= 15 is 0 Å². The Bertz CT molecular complexity index is 664. The lowest BCUT2D eigenvalue weighted by Crippen LogP contribution is -2.14. The molecule has 164 valence electrons. The van der Waals surface area contributed by atoms with E-state index in [1.807, 2.05) is 25.1 Å². The largest absolute Gasteiger partial charge is 0.382 e. The van der Waals surface area contributed by atoms with Crippen molar-refractivity contribution in [3.63, 3.8) is 0 Å². The van der Waals surface area contributed by atoms with Crippen LogP contribution in [0.3, 0.4) is 0 Å². The van der Waals surface area contributed by atoms with Crippen LogP contribution in [0.5, 0.6) is 0 Å². The zero-order chi connectivity index (χ0) is 20.6. The lowest BCUT2D eigenvalue weighted by molar-refractivity contribution is -0.0149. The van der Waals surface area contributed by atoms with Gasteiger partial charge in [-0.3, -0.25) is 0 Å². The Balaban J connectivity index is 1.35. The van der Waals surface area contributed by atoms with Crippen molar-refractivity contribution in [1.82, 2.24) is 9.55 Å². The number of methoxy groups -OCH3 is 1. The highest BCUT2D eigenvalue weighted by atomic mass is 16.6. The van der Waals surface area contributed by atoms with Gasteiger partial charge >= 0.3 is 0 Å². The average molecular weight is 411 g/mol. The van der Waals surface area contributed by atoms with Crippen molar-refractivity contribution in [3.8, 4) is 0 Å². The molecule has 8 heteroatoms. The molecule has 0 radical (unpaired) electrons. The second-order valence-corrected chi connectivity index (χ2v) is 6.35. The van der Waals surface area contributed by atoms with Crippen LogP contribution >= 0.6 is 0 Å². The van der Waals surface area contributed by atoms with Crippen LogP contribution in [0.2, 0.25) is 0 Å². The monoisotopic (exact) mass is 410 g/mol. The minimum absolute atomic E-state index is 0.550. The molecule has 29 heavy (non-hydrogen) atoms. The smallest absolute Gasteiger partial charge is 0.106 e. The highest BCUT2D eigenvalue weighted by molar-refractivity contribution is 5.75. The summed E-state index contributed by atoms with van der Waals surface area (Å²) in [5.41, 5.74) is 2.17. The fraction of sp³-hybridized carbons (Fsp3) is 0.667. The lowest BCUT2D eigenvalue weighted by Gasteiger charge is -2.09. The van der Waals surface area contributed by atoms with Gasteiger partial charge in [-0.1, -0.05) is 12.1 Å². The number of hydrogen-bond acceptors (Lipinski definition) is 7. The summed E-state index contributed by atoms with van der Waals surface area (Å²) in [5, 5.41) is 0. The maximum absolute atomic E-state index is 5.66. The number of hydrogen-bond donors (Lipinski definition) is 0. The second-order valence-electron chi connectivity index (χ2n) is 6.35. The van der Waals surface area contributed by atoms with E-state index < -0.39 is 0 Å². The van der Waals surface area contributed by atoms with E-state index in [1.54, 1.807) is 7.11 Å². The Morgan fingerprint density at radius 3 is 1.72 bits per heavy atom. The van der Waals surface area contributed by atoms with Crippen LogP contribution in [0, 0.1) is 6.92 Å². The van der Waals surface area contributed by atoms with E-state index in [1.165, 1.54) is 0 Å². The van der Waals surface area contributed by atoms with Gasteiger partial charge in [0.15, 0.2) is 0 Å². The summed E-state index contributed by atoms with van der Waals surface area (Å²) < 4.78 is 34.4. The number of imidazole rings is 1. The Morgan fingerprint density at radius 2 is 1.17 bits per heavy atom. The zero-order valence-corrected chi connectivity index (χ0v) is 17.6. The van der Waals surface area contributed by atoms with Crippen molar-refractivity contribution >= 4 is 11.0 Å². The van der Waals surface area contributed by atoms with Gasteiger partial charge in [0.1, 0.15) is 5.82 Å². The number of para-hydroxylation sites is 2. The predicted molar refractivity (Wildman–Crippen MR) is 110 cm³/mol. The minimum Gasteiger partial charge on any atom is -0.382 e. The van der Waals surface area contributed by atoms with Crippen molar-refractivity contribution in [2.24, 2.45) is 0 Å². The molecule has 8 nitrogen and oxygen atoms in total. The molecule has 0 amide bonds. The van der Waals surface area contributed by atoms with Gasteiger partial charge < -0.3 is 33.0 Å². The molecule has 1 heterocycles. The number of aryl methyl sites for hydroxylation is 1. The molecule has 0 atom stereocenters. The highest BCUT2D eigenvalue weighted by Crippen LogP contribution is 2.14. The third kappa shape index (κ3) is 9.66. The molecular weight excluding hydrogens is 376 g/mol. The minimum atomic E-state index is 0.550. The van der Waals surface area contributed by atoms with Crippen molar-refractivity contribution in [3.05, 3.63) is 30.1 Å². The summed E-state index contributed by atoms with van der Waals surface area (Å²) in [4.78, 5) is 4.56. The Hall–Kier alpha value is -1.55. The highest BCUT2D eigenvalue weighted by Gasteiger charge is 2.05. The number of ether oxygens (including phenoxy) is 6. The number of fused-ring (bicyclic) bond motifs is 1. The van der Waals surface area contributed by atoms with Gasteiger partial charge in [-0.2, -0.15) is 0 Å². The van der Waals surface area contributed by atoms with Crippen molar-refractivity contribution in [1.29, 1.82) is 0 Å². The molecule has 0 saturated carbocycles. The van der Waals surface area contributed by atoms with E-state index in [0.717, 1.165) is 23.4 Å². The van der Waals surface area contributed by atoms with Gasteiger partial charge in [0.25, 0.3) is 0 Å². The quantitative estimate of drug-likeness (QED) is 0.348. The third-order valence-electron chi connectivity index (χ3n) is 4.22. The molecular formula is C21H34N2O6. The first kappa shape index (κ1) is 23.7. The number of benzene rings is 1. The molecule has 0 saturated heterocycles. The van der Waals surface area contributed by atoms with Crippen molar-refractivity contribution in [2.75, 3.05) is 79.8 Å². The maximum Gasteiger partial charge on any atom is 0.106 e. The molecule has 0 N–H and O–H groups in total. The molecule has 0 bridgehead atoms. The van der Waals surface area contributed by atoms with E-state index in [4.69, 9.17) is 28.4 Å². The Morgan fingerprint density at radius 1 is 0.690 bits per heavy atom. The summed E-state index contributed by atoms with van der Waals surface area (Å²) in [6.07, 6.45) is 0. The number of nitrogens with zero attached hydrogens (tertiary/aromatic N) is 2. The van der Waals surface area contributed by atoms with Crippen LogP contribution in [0.4, 0.5) is 0 Å². The fourth-order valence-corrected chi connectivity index (χ4v) is 2.76. The normalized spacial score (nSPS) is 11.5. The first-order chi connectivity index (χ1) is 14.3. The molecule has 0 aliphatic carbocycles. The first-order valence-electron chi connectivity index (χ1n) is 10.1. The van der Waals surface area contributed by atoms with E-state index in [-0.39, 0.29) is 0 Å². The molecule has 0 unspecified atom stereocenters. The molecule has 1 aromatic heterocycles. The Labute approximate surface area is 173 Å². The van der Waals surface area contributed by atoms with E-state index in [0.29, 0.717) is 72.7 Å². The lowest BCUT2D eigenvalue weighted by atomic mass is 10.3. The first-order valence-corrected chi connectivity index (χ1v) is 10.1. The van der Waals surface area contributed by atoms with Crippen LogP contribution in [0.1, 0.15) is 5.82 Å². The SMILES string of the molecule is COCCOCCOCCOCCOCCOCCn1c(C)nc2ccccc21. The molecule has 2 aromatic rings. The average Bonchev–Trinajstić information content (AvgIpc) is 3.05. The summed E-state index contributed by atoms with van der Waals surface area (Å²) in [7, 11) is 1.65. The molecule has 2 rings (SSSR count). The summed E-state index contributed by atoms with van der Waals surface area (Å²) in [6.45, 7) is 9.11. The predicted octanol–water partition coefficient (Wildman–Crippen LogP) is 2.07. The maximum atomic E-state index is 5.66. The Kier molecular flexibility index (Phi) is 12.5. The van der Waals surface area contributed by atoms with Crippen LogP contribution in [0.15, 0.2) is 24.3 Å². The number of rotatable bonds is 18.